The SMILES string of the molecule is C=CCCC(O)CN(CCC)Cc1c(CC)nn(-c2ccc(OC)cc2)c1Oc1ccccc1OC. The third-order valence-corrected chi connectivity index (χ3v) is 6.04. The van der Waals surface area contributed by atoms with Crippen molar-refractivity contribution in [2.45, 2.75) is 52.2 Å². The lowest BCUT2D eigenvalue weighted by Crippen LogP contribution is -2.33. The fourth-order valence-electron chi connectivity index (χ4n) is 4.21. The molecule has 1 aromatic heterocycles. The van der Waals surface area contributed by atoms with Crippen LogP contribution >= 0.6 is 0 Å². The molecule has 1 atom stereocenters. The van der Waals surface area contributed by atoms with E-state index in [1.54, 1.807) is 14.2 Å². The molecule has 0 fully saturated rings. The lowest BCUT2D eigenvalue weighted by atomic mass is 10.1. The van der Waals surface area contributed by atoms with Crippen molar-refractivity contribution in [3.05, 3.63) is 72.4 Å². The minimum absolute atomic E-state index is 0.421. The number of aliphatic hydroxyl groups is 1. The summed E-state index contributed by atoms with van der Waals surface area (Å²) >= 11 is 0. The zero-order valence-electron chi connectivity index (χ0n) is 21.9. The van der Waals surface area contributed by atoms with Crippen LogP contribution in [0.2, 0.25) is 0 Å². The van der Waals surface area contributed by atoms with Crippen LogP contribution in [0.25, 0.3) is 5.69 Å². The molecule has 1 heterocycles. The molecule has 7 nitrogen and oxygen atoms in total. The van der Waals surface area contributed by atoms with E-state index < -0.39 is 6.10 Å². The highest BCUT2D eigenvalue weighted by atomic mass is 16.5. The lowest BCUT2D eigenvalue weighted by Gasteiger charge is -2.25. The van der Waals surface area contributed by atoms with Gasteiger partial charge in [0, 0.05) is 13.1 Å². The van der Waals surface area contributed by atoms with E-state index in [2.05, 4.69) is 25.3 Å². The van der Waals surface area contributed by atoms with Gasteiger partial charge in [0.1, 0.15) is 5.75 Å². The van der Waals surface area contributed by atoms with E-state index >= 15 is 0 Å². The molecule has 0 aliphatic rings. The molecule has 0 saturated carbocycles. The average Bonchev–Trinajstić information content (AvgIpc) is 3.24. The molecule has 0 spiro atoms. The Morgan fingerprint density at radius 3 is 2.39 bits per heavy atom. The molecular weight excluding hydrogens is 454 g/mol. The van der Waals surface area contributed by atoms with Gasteiger partial charge < -0.3 is 19.3 Å². The first-order valence-electron chi connectivity index (χ1n) is 12.6. The first-order valence-corrected chi connectivity index (χ1v) is 12.6. The molecule has 0 saturated heterocycles. The quantitative estimate of drug-likeness (QED) is 0.271. The van der Waals surface area contributed by atoms with Crippen LogP contribution in [0.4, 0.5) is 0 Å². The van der Waals surface area contributed by atoms with Crippen LogP contribution in [-0.2, 0) is 13.0 Å². The van der Waals surface area contributed by atoms with Gasteiger partial charge in [0.05, 0.1) is 37.3 Å². The summed E-state index contributed by atoms with van der Waals surface area (Å²) in [4.78, 5) is 2.28. The number of allylic oxidation sites excluding steroid dienone is 1. The number of ether oxygens (including phenoxy) is 3. The predicted molar refractivity (Wildman–Crippen MR) is 144 cm³/mol. The number of aryl methyl sites for hydroxylation is 1. The molecule has 2 aromatic carbocycles. The molecule has 1 N–H and O–H groups in total. The van der Waals surface area contributed by atoms with Crippen molar-refractivity contribution in [2.75, 3.05) is 27.3 Å². The Balaban J connectivity index is 2.06. The van der Waals surface area contributed by atoms with E-state index in [4.69, 9.17) is 19.3 Å². The number of aromatic nitrogens is 2. The Hall–Kier alpha value is -3.29. The molecule has 36 heavy (non-hydrogen) atoms. The molecular formula is C29H39N3O4. The highest BCUT2D eigenvalue weighted by Crippen LogP contribution is 2.36. The molecule has 3 rings (SSSR count). The molecule has 0 aliphatic carbocycles. The highest BCUT2D eigenvalue weighted by Gasteiger charge is 2.24. The number of para-hydroxylation sites is 2. The number of aliphatic hydroxyl groups excluding tert-OH is 1. The van der Waals surface area contributed by atoms with Crippen molar-refractivity contribution in [1.82, 2.24) is 14.7 Å². The van der Waals surface area contributed by atoms with Crippen LogP contribution in [0.15, 0.2) is 61.2 Å². The lowest BCUT2D eigenvalue weighted by molar-refractivity contribution is 0.102. The molecule has 0 bridgehead atoms. The Morgan fingerprint density at radius 1 is 1.06 bits per heavy atom. The summed E-state index contributed by atoms with van der Waals surface area (Å²) < 4.78 is 19.3. The summed E-state index contributed by atoms with van der Waals surface area (Å²) in [6.45, 7) is 10.1. The van der Waals surface area contributed by atoms with Crippen molar-refractivity contribution in [3.63, 3.8) is 0 Å². The smallest absolute Gasteiger partial charge is 0.227 e. The molecule has 0 radical (unpaired) electrons. The average molecular weight is 494 g/mol. The summed E-state index contributed by atoms with van der Waals surface area (Å²) in [7, 11) is 3.28. The second-order valence-electron chi connectivity index (χ2n) is 8.70. The van der Waals surface area contributed by atoms with Gasteiger partial charge in [-0.1, -0.05) is 32.1 Å². The third-order valence-electron chi connectivity index (χ3n) is 6.04. The van der Waals surface area contributed by atoms with Crippen molar-refractivity contribution >= 4 is 0 Å². The van der Waals surface area contributed by atoms with Crippen molar-refractivity contribution in [2.24, 2.45) is 0 Å². The Morgan fingerprint density at radius 2 is 1.78 bits per heavy atom. The summed E-state index contributed by atoms with van der Waals surface area (Å²) in [5.41, 5.74) is 2.83. The van der Waals surface area contributed by atoms with Crippen molar-refractivity contribution in [3.8, 4) is 28.8 Å². The number of hydrogen-bond acceptors (Lipinski definition) is 6. The monoisotopic (exact) mass is 493 g/mol. The maximum atomic E-state index is 10.6. The zero-order chi connectivity index (χ0) is 25.9. The minimum atomic E-state index is -0.421. The summed E-state index contributed by atoms with van der Waals surface area (Å²) in [5, 5.41) is 15.6. The van der Waals surface area contributed by atoms with E-state index in [-0.39, 0.29) is 0 Å². The fraction of sp³-hybridized carbons (Fsp3) is 0.414. The Bertz CT molecular complexity index is 1090. The summed E-state index contributed by atoms with van der Waals surface area (Å²) in [5.74, 6) is 2.68. The van der Waals surface area contributed by atoms with Crippen LogP contribution in [-0.4, -0.2) is 53.2 Å². The van der Waals surface area contributed by atoms with Crippen LogP contribution in [0.3, 0.4) is 0 Å². The Kier molecular flexibility index (Phi) is 10.4. The van der Waals surface area contributed by atoms with E-state index in [1.165, 1.54) is 0 Å². The van der Waals surface area contributed by atoms with E-state index in [9.17, 15) is 5.11 Å². The second kappa shape index (κ2) is 13.7. The van der Waals surface area contributed by atoms with Gasteiger partial charge >= 0.3 is 0 Å². The van der Waals surface area contributed by atoms with Crippen LogP contribution in [0.5, 0.6) is 23.1 Å². The van der Waals surface area contributed by atoms with Gasteiger partial charge in [0.25, 0.3) is 0 Å². The maximum absolute atomic E-state index is 10.6. The number of nitrogens with zero attached hydrogens (tertiary/aromatic N) is 3. The van der Waals surface area contributed by atoms with E-state index in [0.717, 1.165) is 48.5 Å². The Labute approximate surface area is 214 Å². The maximum Gasteiger partial charge on any atom is 0.227 e. The van der Waals surface area contributed by atoms with E-state index in [1.807, 2.05) is 59.3 Å². The standard InChI is InChI=1S/C29H39N3O4/c1-6-9-12-23(33)20-31(19-7-2)21-25-26(8-3)30-32(22-15-17-24(34-4)18-16-22)29(25)36-28-14-11-10-13-27(28)35-5/h6,10-11,13-18,23,33H,1,7-9,12,19-21H2,2-5H3. The van der Waals surface area contributed by atoms with Gasteiger partial charge in [0.15, 0.2) is 11.5 Å². The van der Waals surface area contributed by atoms with Gasteiger partial charge in [-0.3, -0.25) is 4.90 Å². The largest absolute Gasteiger partial charge is 0.497 e. The molecule has 0 amide bonds. The first-order chi connectivity index (χ1) is 17.5. The predicted octanol–water partition coefficient (Wildman–Crippen LogP) is 5.78. The number of benzene rings is 2. The summed E-state index contributed by atoms with van der Waals surface area (Å²) in [6.07, 6.45) is 4.64. The third kappa shape index (κ3) is 6.89. The minimum Gasteiger partial charge on any atom is -0.497 e. The number of rotatable bonds is 15. The van der Waals surface area contributed by atoms with Crippen LogP contribution < -0.4 is 14.2 Å². The van der Waals surface area contributed by atoms with Gasteiger partial charge in [-0.25, -0.2) is 4.68 Å². The van der Waals surface area contributed by atoms with E-state index in [0.29, 0.717) is 36.9 Å². The van der Waals surface area contributed by atoms with Crippen LogP contribution in [0.1, 0.15) is 44.4 Å². The van der Waals surface area contributed by atoms with Gasteiger partial charge in [-0.2, -0.15) is 5.10 Å². The molecule has 0 aliphatic heterocycles. The topological polar surface area (TPSA) is 69.0 Å². The number of methoxy groups -OCH3 is 2. The van der Waals surface area contributed by atoms with Gasteiger partial charge in [-0.05, 0) is 68.6 Å². The molecule has 3 aromatic rings. The second-order valence-corrected chi connectivity index (χ2v) is 8.70. The van der Waals surface area contributed by atoms with Crippen LogP contribution in [0, 0.1) is 0 Å². The number of hydrogen-bond donors (Lipinski definition) is 1. The van der Waals surface area contributed by atoms with Crippen molar-refractivity contribution < 1.29 is 19.3 Å². The molecule has 194 valence electrons. The first kappa shape index (κ1) is 27.3. The summed E-state index contributed by atoms with van der Waals surface area (Å²) in [6, 6.07) is 15.4. The van der Waals surface area contributed by atoms with Gasteiger partial charge in [0.2, 0.25) is 5.88 Å². The zero-order valence-corrected chi connectivity index (χ0v) is 21.9. The molecule has 7 heteroatoms. The molecule has 1 unspecified atom stereocenters. The van der Waals surface area contributed by atoms with Gasteiger partial charge in [-0.15, -0.1) is 6.58 Å². The normalized spacial score (nSPS) is 11.9. The highest BCUT2D eigenvalue weighted by molar-refractivity contribution is 5.48. The fourth-order valence-corrected chi connectivity index (χ4v) is 4.21. The van der Waals surface area contributed by atoms with Crippen molar-refractivity contribution in [1.29, 1.82) is 0 Å².